The van der Waals surface area contributed by atoms with E-state index in [-0.39, 0.29) is 29.4 Å². The van der Waals surface area contributed by atoms with E-state index in [9.17, 15) is 17.1 Å². The number of pyridine rings is 1. The van der Waals surface area contributed by atoms with Crippen LogP contribution in [0.25, 0.3) is 0 Å². The Kier molecular flexibility index (Phi) is 4.97. The van der Waals surface area contributed by atoms with Gasteiger partial charge < -0.3 is 13.8 Å². The molecule has 0 aliphatic carbocycles. The number of hydrogen-bond donors (Lipinski definition) is 0. The van der Waals surface area contributed by atoms with Crippen molar-refractivity contribution >= 4 is 16.4 Å². The normalized spacial score (nSPS) is 22.4. The van der Waals surface area contributed by atoms with Gasteiger partial charge in [-0.25, -0.2) is 0 Å². The van der Waals surface area contributed by atoms with Crippen LogP contribution in [0, 0.1) is 0 Å². The van der Waals surface area contributed by atoms with Crippen LogP contribution in [-0.4, -0.2) is 50.0 Å². The number of methoxy groups -OCH3 is 1. The minimum Gasteiger partial charge on any atom is -0.379 e. The predicted molar refractivity (Wildman–Crippen MR) is 75.4 cm³/mol. The van der Waals surface area contributed by atoms with Crippen molar-refractivity contribution in [3.8, 4) is 5.75 Å². The van der Waals surface area contributed by atoms with Crippen LogP contribution in [0.15, 0.2) is 18.5 Å². The molecule has 0 radical (unpaired) electrons. The molecule has 1 aliphatic rings. The maximum Gasteiger partial charge on any atom is 0.488 e. The van der Waals surface area contributed by atoms with E-state index >= 15 is 0 Å². The third-order valence-electron chi connectivity index (χ3n) is 3.64. The summed E-state index contributed by atoms with van der Waals surface area (Å²) in [4.78, 5) is 17.9. The van der Waals surface area contributed by atoms with Crippen LogP contribution in [0.1, 0.15) is 30.1 Å². The van der Waals surface area contributed by atoms with E-state index in [0.29, 0.717) is 6.54 Å². The van der Waals surface area contributed by atoms with E-state index < -0.39 is 10.5 Å². The highest BCUT2D eigenvalue weighted by Gasteiger charge is 2.31. The minimum atomic E-state index is -5.15. The topological polar surface area (TPSA) is 85.8 Å². The fraction of sp³-hybridized carbons (Fsp3) is 0.538. The largest absolute Gasteiger partial charge is 0.488 e. The second-order valence-corrected chi connectivity index (χ2v) is 5.99. The summed E-state index contributed by atoms with van der Waals surface area (Å²) in [6, 6.07) is 1.02. The van der Waals surface area contributed by atoms with E-state index in [1.165, 1.54) is 6.20 Å². The number of likely N-dealkylation sites (tertiary alicyclic amines) is 1. The van der Waals surface area contributed by atoms with Gasteiger partial charge in [0.15, 0.2) is 5.75 Å². The van der Waals surface area contributed by atoms with Gasteiger partial charge in [-0.2, -0.15) is 8.42 Å². The number of carbonyl (C=O) groups is 1. The first-order chi connectivity index (χ1) is 10.3. The number of hydrogen-bond acceptors (Lipinski definition) is 6. The van der Waals surface area contributed by atoms with Gasteiger partial charge in [0.05, 0.1) is 23.9 Å². The zero-order valence-corrected chi connectivity index (χ0v) is 13.0. The molecular weight excluding hydrogens is 315 g/mol. The third-order valence-corrected chi connectivity index (χ3v) is 4.03. The number of amides is 1. The Morgan fingerprint density at radius 2 is 2.18 bits per heavy atom. The molecule has 22 heavy (non-hydrogen) atoms. The standard InChI is InChI=1S/C13H17FN2O5S/c1-9-12(20-2)4-3-5-16(9)13(17)10-6-11(8-15-7-10)21-22(14,18)19/h6-9,12H,3-5H2,1-2H3/t9-,12-/m1/s1. The molecule has 1 saturated heterocycles. The highest BCUT2D eigenvalue weighted by atomic mass is 32.3. The summed E-state index contributed by atoms with van der Waals surface area (Å²) in [5.74, 6) is -0.676. The summed E-state index contributed by atoms with van der Waals surface area (Å²) >= 11 is 0. The molecule has 1 amide bonds. The van der Waals surface area contributed by atoms with Gasteiger partial charge in [0.1, 0.15) is 0 Å². The molecule has 0 spiro atoms. The van der Waals surface area contributed by atoms with Crippen molar-refractivity contribution in [3.63, 3.8) is 0 Å². The molecule has 0 saturated carbocycles. The highest BCUT2D eigenvalue weighted by Crippen LogP contribution is 2.23. The van der Waals surface area contributed by atoms with Crippen LogP contribution >= 0.6 is 0 Å². The lowest BCUT2D eigenvalue weighted by molar-refractivity contribution is -0.00560. The lowest BCUT2D eigenvalue weighted by Crippen LogP contribution is -2.50. The number of aromatic nitrogens is 1. The first-order valence-electron chi connectivity index (χ1n) is 6.74. The second-order valence-electron chi connectivity index (χ2n) is 5.04. The molecule has 0 N–H and O–H groups in total. The third kappa shape index (κ3) is 3.92. The van der Waals surface area contributed by atoms with E-state index in [1.807, 2.05) is 6.92 Å². The molecule has 0 aromatic carbocycles. The minimum absolute atomic E-state index is 0.0590. The SMILES string of the molecule is CO[C@@H]1CCCN(C(=O)c2cncc(OS(=O)(=O)F)c2)[C@@H]1C. The molecule has 2 atom stereocenters. The van der Waals surface area contributed by atoms with Gasteiger partial charge in [-0.1, -0.05) is 3.89 Å². The summed E-state index contributed by atoms with van der Waals surface area (Å²) in [7, 11) is -3.56. The maximum atomic E-state index is 12.5. The number of carbonyl (C=O) groups excluding carboxylic acids is 1. The van der Waals surface area contributed by atoms with E-state index in [2.05, 4.69) is 9.17 Å². The van der Waals surface area contributed by atoms with Crippen LogP contribution in [0.3, 0.4) is 0 Å². The molecule has 1 fully saturated rings. The highest BCUT2D eigenvalue weighted by molar-refractivity contribution is 7.81. The van der Waals surface area contributed by atoms with Crippen molar-refractivity contribution in [3.05, 3.63) is 24.0 Å². The lowest BCUT2D eigenvalue weighted by Gasteiger charge is -2.38. The second kappa shape index (κ2) is 6.57. The average molecular weight is 332 g/mol. The average Bonchev–Trinajstić information content (AvgIpc) is 2.45. The van der Waals surface area contributed by atoms with E-state index in [4.69, 9.17) is 4.74 Å². The molecule has 2 heterocycles. The fourth-order valence-corrected chi connectivity index (χ4v) is 2.89. The van der Waals surface area contributed by atoms with Crippen LogP contribution in [0.2, 0.25) is 0 Å². The van der Waals surface area contributed by atoms with Crippen LogP contribution in [-0.2, 0) is 15.2 Å². The Bertz CT molecular complexity index is 652. The van der Waals surface area contributed by atoms with Gasteiger partial charge in [0.2, 0.25) is 0 Å². The van der Waals surface area contributed by atoms with Crippen molar-refractivity contribution in [1.29, 1.82) is 0 Å². The van der Waals surface area contributed by atoms with Gasteiger partial charge in [-0.15, -0.1) is 0 Å². The summed E-state index contributed by atoms with van der Waals surface area (Å²) in [5.41, 5.74) is 0.129. The summed E-state index contributed by atoms with van der Waals surface area (Å²) in [5, 5.41) is 0. The molecule has 1 aromatic heterocycles. The van der Waals surface area contributed by atoms with Crippen LogP contribution in [0.4, 0.5) is 3.89 Å². The van der Waals surface area contributed by atoms with Crippen LogP contribution < -0.4 is 4.18 Å². The molecule has 9 heteroatoms. The predicted octanol–water partition coefficient (Wildman–Crippen LogP) is 1.31. The number of ether oxygens (including phenoxy) is 1. The molecule has 0 bridgehead atoms. The molecule has 0 unspecified atom stereocenters. The Hall–Kier alpha value is -1.74. The molecule has 7 nitrogen and oxygen atoms in total. The first-order valence-corrected chi connectivity index (χ1v) is 8.05. The Morgan fingerprint density at radius 3 is 2.82 bits per heavy atom. The fourth-order valence-electron chi connectivity index (χ4n) is 2.57. The lowest BCUT2D eigenvalue weighted by atomic mass is 9.99. The van der Waals surface area contributed by atoms with Crippen molar-refractivity contribution < 1.29 is 26.0 Å². The van der Waals surface area contributed by atoms with E-state index in [1.54, 1.807) is 12.0 Å². The molecular formula is C13H17FN2O5S. The van der Waals surface area contributed by atoms with Gasteiger partial charge in [0.25, 0.3) is 5.91 Å². The van der Waals surface area contributed by atoms with Crippen molar-refractivity contribution in [2.75, 3.05) is 13.7 Å². The van der Waals surface area contributed by atoms with Gasteiger partial charge >= 0.3 is 10.5 Å². The number of halogens is 1. The number of rotatable bonds is 4. The molecule has 1 aliphatic heterocycles. The summed E-state index contributed by atoms with van der Waals surface area (Å²) < 4.78 is 43.0. The van der Waals surface area contributed by atoms with Gasteiger partial charge in [-0.05, 0) is 25.8 Å². The van der Waals surface area contributed by atoms with Crippen molar-refractivity contribution in [1.82, 2.24) is 9.88 Å². The summed E-state index contributed by atoms with van der Waals surface area (Å²) in [6.07, 6.45) is 3.91. The zero-order chi connectivity index (χ0) is 16.3. The smallest absolute Gasteiger partial charge is 0.379 e. The quantitative estimate of drug-likeness (QED) is 0.773. The summed E-state index contributed by atoms with van der Waals surface area (Å²) in [6.45, 7) is 2.44. The monoisotopic (exact) mass is 332 g/mol. The Balaban J connectivity index is 2.20. The molecule has 2 rings (SSSR count). The van der Waals surface area contributed by atoms with Gasteiger partial charge in [0, 0.05) is 19.9 Å². The van der Waals surface area contributed by atoms with Gasteiger partial charge in [-0.3, -0.25) is 9.78 Å². The first kappa shape index (κ1) is 16.6. The maximum absolute atomic E-state index is 12.5. The zero-order valence-electron chi connectivity index (χ0n) is 12.2. The molecule has 1 aromatic rings. The number of nitrogens with zero attached hydrogens (tertiary/aromatic N) is 2. The Labute approximate surface area is 128 Å². The Morgan fingerprint density at radius 1 is 1.45 bits per heavy atom. The van der Waals surface area contributed by atoms with E-state index in [0.717, 1.165) is 25.1 Å². The van der Waals surface area contributed by atoms with Crippen molar-refractivity contribution in [2.24, 2.45) is 0 Å². The number of piperidine rings is 1. The van der Waals surface area contributed by atoms with Crippen molar-refractivity contribution in [2.45, 2.75) is 31.9 Å². The van der Waals surface area contributed by atoms with Crippen LogP contribution in [0.5, 0.6) is 5.75 Å². The molecule has 122 valence electrons.